The molecule has 0 aliphatic rings. The number of alkyl carbamates (subject to hydrolysis) is 1. The van der Waals surface area contributed by atoms with Gasteiger partial charge in [-0.2, -0.15) is 13.2 Å². The van der Waals surface area contributed by atoms with Gasteiger partial charge in [-0.25, -0.2) is 9.59 Å². The minimum atomic E-state index is -4.46. The highest BCUT2D eigenvalue weighted by Gasteiger charge is 2.30. The summed E-state index contributed by atoms with van der Waals surface area (Å²) in [4.78, 5) is 23.4. The van der Waals surface area contributed by atoms with Crippen molar-refractivity contribution < 1.29 is 32.2 Å². The van der Waals surface area contributed by atoms with E-state index in [-0.39, 0.29) is 11.3 Å². The number of methoxy groups -OCH3 is 1. The number of carbonyl (C=O) groups excluding carboxylic acids is 2. The number of ether oxygens (including phenoxy) is 2. The summed E-state index contributed by atoms with van der Waals surface area (Å²) in [6.07, 6.45) is -4.15. The van der Waals surface area contributed by atoms with E-state index in [4.69, 9.17) is 4.74 Å². The average molecular weight is 345 g/mol. The van der Waals surface area contributed by atoms with E-state index in [1.807, 2.05) is 0 Å². The fraction of sp³-hybridized carbons (Fsp3) is 0.375. The van der Waals surface area contributed by atoms with Gasteiger partial charge in [-0.15, -0.1) is 0 Å². The highest BCUT2D eigenvalue weighted by atomic mass is 19.4. The molecular formula is C16H18F3NO4. The number of carbonyl (C=O) groups is 2. The lowest BCUT2D eigenvalue weighted by Gasteiger charge is -2.20. The molecule has 1 rings (SSSR count). The summed E-state index contributed by atoms with van der Waals surface area (Å²) in [5.41, 5.74) is -1.58. The van der Waals surface area contributed by atoms with Crippen LogP contribution < -0.4 is 5.32 Å². The standard InChI is InChI=1S/C16H18F3NO4/c1-15(2,3)24-14(22)20-12(13(21)23-4)9-10-5-7-11(8-6-10)16(17,18)19/h5-9H,1-4H3,(H,20,22)/b12-9-. The van der Waals surface area contributed by atoms with E-state index in [2.05, 4.69) is 10.1 Å². The lowest BCUT2D eigenvalue weighted by molar-refractivity contribution is -0.138. The molecule has 0 unspecified atom stereocenters. The molecule has 0 atom stereocenters. The normalized spacial score (nSPS) is 12.5. The maximum atomic E-state index is 12.5. The van der Waals surface area contributed by atoms with Gasteiger partial charge < -0.3 is 9.47 Å². The zero-order valence-corrected chi connectivity index (χ0v) is 13.7. The van der Waals surface area contributed by atoms with Crippen molar-refractivity contribution in [2.45, 2.75) is 32.5 Å². The summed E-state index contributed by atoms with van der Waals surface area (Å²) in [5.74, 6) is -0.860. The summed E-state index contributed by atoms with van der Waals surface area (Å²) >= 11 is 0. The van der Waals surface area contributed by atoms with Crippen LogP contribution in [0.15, 0.2) is 30.0 Å². The number of hydrogen-bond donors (Lipinski definition) is 1. The van der Waals surface area contributed by atoms with Gasteiger partial charge in [0.25, 0.3) is 0 Å². The van der Waals surface area contributed by atoms with Gasteiger partial charge in [0.1, 0.15) is 11.3 Å². The Bertz CT molecular complexity index is 628. The third-order valence-corrected chi connectivity index (χ3v) is 2.59. The smallest absolute Gasteiger partial charge is 0.416 e. The molecule has 0 heterocycles. The van der Waals surface area contributed by atoms with Crippen LogP contribution in [0.5, 0.6) is 0 Å². The number of esters is 1. The summed E-state index contributed by atoms with van der Waals surface area (Å²) in [7, 11) is 1.11. The summed E-state index contributed by atoms with van der Waals surface area (Å²) in [6, 6.07) is 4.08. The first-order chi connectivity index (χ1) is 10.9. The number of alkyl halides is 3. The maximum Gasteiger partial charge on any atom is 0.416 e. The van der Waals surface area contributed by atoms with Crippen LogP contribution in [0.4, 0.5) is 18.0 Å². The van der Waals surface area contributed by atoms with Gasteiger partial charge in [-0.3, -0.25) is 5.32 Å². The van der Waals surface area contributed by atoms with Gasteiger partial charge in [0.2, 0.25) is 0 Å². The van der Waals surface area contributed by atoms with E-state index >= 15 is 0 Å². The number of benzene rings is 1. The molecule has 0 spiro atoms. The molecule has 0 aliphatic carbocycles. The molecule has 1 amide bonds. The molecule has 0 fully saturated rings. The van der Waals surface area contributed by atoms with Crippen molar-refractivity contribution in [1.82, 2.24) is 5.32 Å². The summed E-state index contributed by atoms with van der Waals surface area (Å²) < 4.78 is 47.1. The van der Waals surface area contributed by atoms with Crippen molar-refractivity contribution in [1.29, 1.82) is 0 Å². The van der Waals surface area contributed by atoms with Crippen LogP contribution in [0.25, 0.3) is 6.08 Å². The molecule has 8 heteroatoms. The molecule has 0 radical (unpaired) electrons. The van der Waals surface area contributed by atoms with Gasteiger partial charge in [-0.1, -0.05) is 12.1 Å². The van der Waals surface area contributed by atoms with E-state index < -0.39 is 29.4 Å². The van der Waals surface area contributed by atoms with Gasteiger partial charge in [0.05, 0.1) is 12.7 Å². The van der Waals surface area contributed by atoms with Crippen molar-refractivity contribution in [2.75, 3.05) is 7.11 Å². The van der Waals surface area contributed by atoms with E-state index in [0.717, 1.165) is 19.2 Å². The Kier molecular flexibility index (Phi) is 6.00. The van der Waals surface area contributed by atoms with Crippen molar-refractivity contribution in [3.05, 3.63) is 41.1 Å². The molecule has 0 aromatic heterocycles. The van der Waals surface area contributed by atoms with Crippen LogP contribution in [-0.4, -0.2) is 24.8 Å². The summed E-state index contributed by atoms with van der Waals surface area (Å²) in [5, 5.41) is 2.22. The van der Waals surface area contributed by atoms with E-state index in [0.29, 0.717) is 0 Å². The number of hydrogen-bond acceptors (Lipinski definition) is 4. The Balaban J connectivity index is 3.02. The van der Waals surface area contributed by atoms with Gasteiger partial charge in [0.15, 0.2) is 0 Å². The Morgan fingerprint density at radius 1 is 1.08 bits per heavy atom. The van der Waals surface area contributed by atoms with Gasteiger partial charge >= 0.3 is 18.2 Å². The number of rotatable bonds is 3. The molecular weight excluding hydrogens is 327 g/mol. The first-order valence-electron chi connectivity index (χ1n) is 6.89. The van der Waals surface area contributed by atoms with Crippen molar-refractivity contribution in [2.24, 2.45) is 0 Å². The molecule has 24 heavy (non-hydrogen) atoms. The monoisotopic (exact) mass is 345 g/mol. The SMILES string of the molecule is COC(=O)/C(=C/c1ccc(C(F)(F)F)cc1)NC(=O)OC(C)(C)C. The minimum Gasteiger partial charge on any atom is -0.464 e. The average Bonchev–Trinajstić information content (AvgIpc) is 2.43. The lowest BCUT2D eigenvalue weighted by Crippen LogP contribution is -2.34. The topological polar surface area (TPSA) is 64.6 Å². The van der Waals surface area contributed by atoms with Crippen molar-refractivity contribution >= 4 is 18.1 Å². The Morgan fingerprint density at radius 2 is 1.62 bits per heavy atom. The van der Waals surface area contributed by atoms with Gasteiger partial charge in [-0.05, 0) is 44.5 Å². The molecule has 5 nitrogen and oxygen atoms in total. The molecule has 1 aromatic rings. The van der Waals surface area contributed by atoms with Crippen LogP contribution in [0.3, 0.4) is 0 Å². The van der Waals surface area contributed by atoms with Crippen molar-refractivity contribution in [3.8, 4) is 0 Å². The first kappa shape index (κ1) is 19.5. The molecule has 0 aliphatic heterocycles. The van der Waals surface area contributed by atoms with Crippen LogP contribution in [0.1, 0.15) is 31.9 Å². The highest BCUT2D eigenvalue weighted by molar-refractivity contribution is 5.96. The quantitative estimate of drug-likeness (QED) is 0.669. The van der Waals surface area contributed by atoms with E-state index in [1.54, 1.807) is 20.8 Å². The maximum absolute atomic E-state index is 12.5. The highest BCUT2D eigenvalue weighted by Crippen LogP contribution is 2.29. The molecule has 1 aromatic carbocycles. The molecule has 1 N–H and O–H groups in total. The largest absolute Gasteiger partial charge is 0.464 e. The molecule has 132 valence electrons. The first-order valence-corrected chi connectivity index (χ1v) is 6.89. The fourth-order valence-corrected chi connectivity index (χ4v) is 1.60. The lowest BCUT2D eigenvalue weighted by atomic mass is 10.1. The van der Waals surface area contributed by atoms with Gasteiger partial charge in [0, 0.05) is 0 Å². The Morgan fingerprint density at radius 3 is 2.04 bits per heavy atom. The van der Waals surface area contributed by atoms with Crippen LogP contribution in [0.2, 0.25) is 0 Å². The van der Waals surface area contributed by atoms with Crippen molar-refractivity contribution in [3.63, 3.8) is 0 Å². The van der Waals surface area contributed by atoms with Crippen LogP contribution in [-0.2, 0) is 20.4 Å². The minimum absolute atomic E-state index is 0.258. The molecule has 0 saturated heterocycles. The van der Waals surface area contributed by atoms with E-state index in [9.17, 15) is 22.8 Å². The van der Waals surface area contributed by atoms with Crippen LogP contribution in [0, 0.1) is 0 Å². The zero-order chi connectivity index (χ0) is 18.5. The molecule has 0 bridgehead atoms. The second kappa shape index (κ2) is 7.37. The van der Waals surface area contributed by atoms with E-state index in [1.165, 1.54) is 18.2 Å². The second-order valence-electron chi connectivity index (χ2n) is 5.80. The fourth-order valence-electron chi connectivity index (χ4n) is 1.60. The summed E-state index contributed by atoms with van der Waals surface area (Å²) in [6.45, 7) is 4.93. The predicted molar refractivity (Wildman–Crippen MR) is 80.8 cm³/mol. The molecule has 0 saturated carbocycles. The number of nitrogens with one attached hydrogen (secondary N) is 1. The number of amides is 1. The van der Waals surface area contributed by atoms with Crippen LogP contribution >= 0.6 is 0 Å². The Labute approximate surface area is 137 Å². The third-order valence-electron chi connectivity index (χ3n) is 2.59. The Hall–Kier alpha value is -2.51. The zero-order valence-electron chi connectivity index (χ0n) is 13.7. The second-order valence-corrected chi connectivity index (χ2v) is 5.80. The number of halogens is 3. The predicted octanol–water partition coefficient (Wildman–Crippen LogP) is 3.74. The third kappa shape index (κ3) is 6.31.